The van der Waals surface area contributed by atoms with Crippen molar-refractivity contribution < 1.29 is 4.74 Å². The van der Waals surface area contributed by atoms with Crippen molar-refractivity contribution in [2.75, 3.05) is 13.7 Å². The molecule has 1 unspecified atom stereocenters. The first kappa shape index (κ1) is 13.7. The maximum atomic E-state index is 6.42. The number of rotatable bonds is 4. The average molecular weight is 268 g/mol. The highest BCUT2D eigenvalue weighted by Gasteiger charge is 2.23. The Labute approximate surface area is 115 Å². The Morgan fingerprint density at radius 3 is 2.94 bits per heavy atom. The summed E-state index contributed by atoms with van der Waals surface area (Å²) in [5.74, 6) is 0.986. The Balaban J connectivity index is 2.39. The van der Waals surface area contributed by atoms with Gasteiger partial charge in [0.2, 0.25) is 0 Å². The van der Waals surface area contributed by atoms with Gasteiger partial charge in [0.25, 0.3) is 0 Å². The molecule has 100 valence electrons. The van der Waals surface area contributed by atoms with Crippen LogP contribution in [0, 0.1) is 0 Å². The molecule has 2 nitrogen and oxygen atoms in total. The molecule has 0 saturated heterocycles. The average Bonchev–Trinajstić information content (AvgIpc) is 2.60. The van der Waals surface area contributed by atoms with Gasteiger partial charge in [0.05, 0.1) is 7.11 Å². The molecule has 0 spiro atoms. The van der Waals surface area contributed by atoms with E-state index in [1.807, 2.05) is 12.1 Å². The summed E-state index contributed by atoms with van der Waals surface area (Å²) in [6, 6.07) is 4.33. The minimum Gasteiger partial charge on any atom is -0.496 e. The van der Waals surface area contributed by atoms with Gasteiger partial charge in [-0.25, -0.2) is 0 Å². The normalized spacial score (nSPS) is 19.2. The minimum atomic E-state index is 0.380. The monoisotopic (exact) mass is 267 g/mol. The Bertz CT molecular complexity index is 406. The van der Waals surface area contributed by atoms with Crippen molar-refractivity contribution in [1.29, 1.82) is 0 Å². The Morgan fingerprint density at radius 1 is 1.39 bits per heavy atom. The van der Waals surface area contributed by atoms with Crippen LogP contribution in [0.2, 0.25) is 5.02 Å². The van der Waals surface area contributed by atoms with Gasteiger partial charge in [-0.3, -0.25) is 0 Å². The summed E-state index contributed by atoms with van der Waals surface area (Å²) in [5.41, 5.74) is 2.57. The van der Waals surface area contributed by atoms with E-state index < -0.39 is 0 Å². The van der Waals surface area contributed by atoms with E-state index in [0.717, 1.165) is 30.2 Å². The second kappa shape index (κ2) is 6.44. The standard InChI is InChI=1S/C15H22ClNO/c1-3-10-17-13-7-5-4-6-11-14(18-2)9-8-12(16)15(11)13/h8-9,13,17H,3-7,10H2,1-2H3. The molecule has 1 aliphatic carbocycles. The lowest BCUT2D eigenvalue weighted by Crippen LogP contribution is -2.22. The van der Waals surface area contributed by atoms with Crippen molar-refractivity contribution in [1.82, 2.24) is 5.32 Å². The number of fused-ring (bicyclic) bond motifs is 1. The molecule has 0 aromatic heterocycles. The summed E-state index contributed by atoms with van der Waals surface area (Å²) < 4.78 is 5.49. The second-order valence-corrected chi connectivity index (χ2v) is 5.30. The summed E-state index contributed by atoms with van der Waals surface area (Å²) in [5, 5.41) is 4.50. The molecule has 3 heteroatoms. The van der Waals surface area contributed by atoms with Crippen molar-refractivity contribution >= 4 is 11.6 Å². The Morgan fingerprint density at radius 2 is 2.22 bits per heavy atom. The van der Waals surface area contributed by atoms with Crippen molar-refractivity contribution in [3.63, 3.8) is 0 Å². The summed E-state index contributed by atoms with van der Waals surface area (Å²) >= 11 is 6.42. The van der Waals surface area contributed by atoms with E-state index in [9.17, 15) is 0 Å². The zero-order valence-corrected chi connectivity index (χ0v) is 12.0. The maximum Gasteiger partial charge on any atom is 0.122 e. The molecule has 0 aliphatic heterocycles. The van der Waals surface area contributed by atoms with Gasteiger partial charge >= 0.3 is 0 Å². The maximum absolute atomic E-state index is 6.42. The molecule has 2 rings (SSSR count). The minimum absolute atomic E-state index is 0.380. The van der Waals surface area contributed by atoms with Crippen molar-refractivity contribution in [3.8, 4) is 5.75 Å². The highest BCUT2D eigenvalue weighted by molar-refractivity contribution is 6.31. The quantitative estimate of drug-likeness (QED) is 0.829. The molecule has 0 radical (unpaired) electrons. The van der Waals surface area contributed by atoms with Gasteiger partial charge in [-0.1, -0.05) is 24.9 Å². The fourth-order valence-electron chi connectivity index (χ4n) is 2.76. The van der Waals surface area contributed by atoms with Crippen LogP contribution < -0.4 is 10.1 Å². The summed E-state index contributed by atoms with van der Waals surface area (Å²) in [6.45, 7) is 3.23. The topological polar surface area (TPSA) is 21.3 Å². The molecule has 0 bridgehead atoms. The summed E-state index contributed by atoms with van der Waals surface area (Å²) in [7, 11) is 1.74. The molecule has 1 atom stereocenters. The molecule has 0 saturated carbocycles. The van der Waals surface area contributed by atoms with E-state index in [-0.39, 0.29) is 0 Å². The molecule has 0 heterocycles. The second-order valence-electron chi connectivity index (χ2n) is 4.89. The number of hydrogen-bond donors (Lipinski definition) is 1. The van der Waals surface area contributed by atoms with Crippen LogP contribution in [0.5, 0.6) is 5.75 Å². The smallest absolute Gasteiger partial charge is 0.122 e. The van der Waals surface area contributed by atoms with E-state index in [2.05, 4.69) is 12.2 Å². The van der Waals surface area contributed by atoms with Crippen LogP contribution in [0.15, 0.2) is 12.1 Å². The molecule has 1 aromatic rings. The van der Waals surface area contributed by atoms with Crippen LogP contribution in [-0.2, 0) is 6.42 Å². The van der Waals surface area contributed by atoms with Crippen molar-refractivity contribution in [2.45, 2.75) is 45.1 Å². The largest absolute Gasteiger partial charge is 0.496 e. The predicted molar refractivity (Wildman–Crippen MR) is 76.6 cm³/mol. The van der Waals surface area contributed by atoms with Gasteiger partial charge in [0.1, 0.15) is 5.75 Å². The van der Waals surface area contributed by atoms with Crippen molar-refractivity contribution in [2.24, 2.45) is 0 Å². The van der Waals surface area contributed by atoms with E-state index in [0.29, 0.717) is 6.04 Å². The zero-order valence-electron chi connectivity index (χ0n) is 11.3. The number of ether oxygens (including phenoxy) is 1. The van der Waals surface area contributed by atoms with Crippen LogP contribution in [0.4, 0.5) is 0 Å². The van der Waals surface area contributed by atoms with E-state index >= 15 is 0 Å². The Kier molecular flexibility index (Phi) is 4.90. The molecule has 1 aliphatic rings. The fourth-order valence-corrected chi connectivity index (χ4v) is 3.07. The van der Waals surface area contributed by atoms with Gasteiger partial charge < -0.3 is 10.1 Å². The molecule has 18 heavy (non-hydrogen) atoms. The molecular weight excluding hydrogens is 246 g/mol. The van der Waals surface area contributed by atoms with Crippen LogP contribution >= 0.6 is 11.6 Å². The molecule has 0 fully saturated rings. The lowest BCUT2D eigenvalue weighted by atomic mass is 9.98. The molecule has 1 aromatic carbocycles. The van der Waals surface area contributed by atoms with E-state index in [1.54, 1.807) is 7.11 Å². The van der Waals surface area contributed by atoms with Crippen molar-refractivity contribution in [3.05, 3.63) is 28.3 Å². The highest BCUT2D eigenvalue weighted by Crippen LogP contribution is 2.38. The predicted octanol–water partition coefficient (Wildman–Crippen LogP) is 4.12. The third-order valence-corrected chi connectivity index (χ3v) is 3.97. The lowest BCUT2D eigenvalue weighted by Gasteiger charge is -2.22. The molecule has 1 N–H and O–H groups in total. The number of benzene rings is 1. The first-order chi connectivity index (χ1) is 8.77. The fraction of sp³-hybridized carbons (Fsp3) is 0.600. The van der Waals surface area contributed by atoms with Gasteiger partial charge in [-0.2, -0.15) is 0 Å². The number of halogens is 1. The highest BCUT2D eigenvalue weighted by atomic mass is 35.5. The van der Waals surface area contributed by atoms with E-state index in [1.165, 1.54) is 30.4 Å². The van der Waals surface area contributed by atoms with Crippen LogP contribution in [0.25, 0.3) is 0 Å². The number of hydrogen-bond acceptors (Lipinski definition) is 2. The van der Waals surface area contributed by atoms with Gasteiger partial charge in [-0.05, 0) is 49.9 Å². The summed E-state index contributed by atoms with van der Waals surface area (Å²) in [4.78, 5) is 0. The van der Waals surface area contributed by atoms with Crippen LogP contribution in [0.1, 0.15) is 49.8 Å². The van der Waals surface area contributed by atoms with Crippen LogP contribution in [-0.4, -0.2) is 13.7 Å². The van der Waals surface area contributed by atoms with Gasteiger partial charge in [-0.15, -0.1) is 0 Å². The van der Waals surface area contributed by atoms with Gasteiger partial charge in [0.15, 0.2) is 0 Å². The third-order valence-electron chi connectivity index (χ3n) is 3.64. The van der Waals surface area contributed by atoms with E-state index in [4.69, 9.17) is 16.3 Å². The number of methoxy groups -OCH3 is 1. The number of nitrogens with one attached hydrogen (secondary N) is 1. The van der Waals surface area contributed by atoms with Crippen LogP contribution in [0.3, 0.4) is 0 Å². The molecule has 0 amide bonds. The summed E-state index contributed by atoms with van der Waals surface area (Å²) in [6.07, 6.45) is 5.85. The first-order valence-electron chi connectivity index (χ1n) is 6.86. The third kappa shape index (κ3) is 2.81. The molecular formula is C15H22ClNO. The van der Waals surface area contributed by atoms with Gasteiger partial charge in [0, 0.05) is 16.6 Å². The Hall–Kier alpha value is -0.730. The SMILES string of the molecule is CCCNC1CCCCc2c(OC)ccc(Cl)c21. The first-order valence-corrected chi connectivity index (χ1v) is 7.24. The zero-order chi connectivity index (χ0) is 13.0. The lowest BCUT2D eigenvalue weighted by molar-refractivity contribution is 0.408.